The van der Waals surface area contributed by atoms with Crippen LogP contribution in [0.2, 0.25) is 0 Å². The second-order valence-electron chi connectivity index (χ2n) is 20.6. The van der Waals surface area contributed by atoms with Crippen molar-refractivity contribution >= 4 is 73.9 Å². The van der Waals surface area contributed by atoms with E-state index in [-0.39, 0.29) is 55.1 Å². The van der Waals surface area contributed by atoms with E-state index in [1.54, 1.807) is 39.8 Å². The minimum absolute atomic E-state index is 0.00163. The summed E-state index contributed by atoms with van der Waals surface area (Å²) in [6, 6.07) is 3.11. The number of esters is 2. The number of aliphatic hydroxyl groups excluding tert-OH is 2. The number of piperazine rings is 1. The van der Waals surface area contributed by atoms with Crippen molar-refractivity contribution in [3.05, 3.63) is 79.5 Å². The van der Waals surface area contributed by atoms with Crippen molar-refractivity contribution in [2.75, 3.05) is 50.1 Å². The Balaban J connectivity index is 1.44. The predicted molar refractivity (Wildman–Crippen MR) is 279 cm³/mol. The number of ether oxygens (including phenoxy) is 5. The van der Waals surface area contributed by atoms with Gasteiger partial charge >= 0.3 is 23.7 Å². The highest BCUT2D eigenvalue weighted by atomic mass is 16.7. The summed E-state index contributed by atoms with van der Waals surface area (Å²) in [6.07, 6.45) is 2.00. The second-order valence-corrected chi connectivity index (χ2v) is 20.6. The lowest BCUT2D eigenvalue weighted by Crippen LogP contribution is -2.47. The molecule has 20 heteroatoms. The van der Waals surface area contributed by atoms with Crippen LogP contribution in [0.5, 0.6) is 11.5 Å². The SMILES string of the molecule is CO[C@H]1/C=C/O[C@@]2(C)Oc3c(C)c(O)c4c(=O)c(c5oc6cc(N7CCN(CC(C)C)CC7)cc(=O)c6nc5c4c3=C2O)NC(=O)/C(C)=C\C=C\[C@H](C)[C@H](OC(=O)CCC(=O)O)[C@@H](C)[C@@H](O)[C@@H](C)[C@H](OC(C)=O)[C@@H]1C. The van der Waals surface area contributed by atoms with Crippen LogP contribution in [-0.4, -0.2) is 124 Å². The molecule has 3 aliphatic rings. The molecule has 0 saturated carbocycles. The number of fused-ring (bicyclic) bond motifs is 2. The summed E-state index contributed by atoms with van der Waals surface area (Å²) < 4.78 is 36.6. The highest BCUT2D eigenvalue weighted by Crippen LogP contribution is 2.42. The molecule has 1 fully saturated rings. The van der Waals surface area contributed by atoms with Gasteiger partial charge in [-0.1, -0.05) is 59.8 Å². The molecule has 3 aromatic carbocycles. The first kappa shape index (κ1) is 55.7. The molecule has 5 N–H and O–H groups in total. The number of aromatic nitrogens is 1. The van der Waals surface area contributed by atoms with Crippen LogP contribution in [0.4, 0.5) is 11.4 Å². The van der Waals surface area contributed by atoms with Gasteiger partial charge in [-0.3, -0.25) is 33.7 Å². The number of nitrogens with zero attached hydrogens (tertiary/aromatic N) is 3. The van der Waals surface area contributed by atoms with Crippen LogP contribution >= 0.6 is 0 Å². The van der Waals surface area contributed by atoms with Crippen molar-refractivity contribution in [3.63, 3.8) is 0 Å². The molecule has 0 aliphatic carbocycles. The Kier molecular flexibility index (Phi) is 16.7. The number of hydrogen-bond acceptors (Lipinski definition) is 18. The van der Waals surface area contributed by atoms with Crippen molar-refractivity contribution in [3.8, 4) is 11.5 Å². The number of carboxylic acid groups (broad SMARTS) is 1. The summed E-state index contributed by atoms with van der Waals surface area (Å²) in [5.74, 6) is -9.33. The first-order valence-corrected chi connectivity index (χ1v) is 25.2. The molecule has 3 aliphatic heterocycles. The lowest BCUT2D eigenvalue weighted by atomic mass is 9.78. The number of hydrogen-bond donors (Lipinski definition) is 5. The number of aromatic hydroxyl groups is 1. The van der Waals surface area contributed by atoms with E-state index in [0.29, 0.717) is 24.7 Å². The number of allylic oxidation sites excluding steroid dienone is 2. The number of aliphatic hydroxyl groups is 2. The summed E-state index contributed by atoms with van der Waals surface area (Å²) in [7, 11) is 1.41. The maximum Gasteiger partial charge on any atom is 0.307 e. The van der Waals surface area contributed by atoms with Gasteiger partial charge in [0.25, 0.3) is 5.91 Å². The van der Waals surface area contributed by atoms with E-state index in [2.05, 4.69) is 29.0 Å². The monoisotopic (exact) mass is 1040 g/mol. The molecule has 0 unspecified atom stereocenters. The number of carboxylic acids is 1. The largest absolute Gasteiger partial charge is 0.507 e. The molecule has 4 heterocycles. The van der Waals surface area contributed by atoms with E-state index in [1.165, 1.54) is 65.4 Å². The average Bonchev–Trinajstić information content (AvgIpc) is 3.62. The van der Waals surface area contributed by atoms with Gasteiger partial charge in [0.2, 0.25) is 10.9 Å². The van der Waals surface area contributed by atoms with Crippen molar-refractivity contribution in [2.45, 2.75) is 112 Å². The third-order valence-electron chi connectivity index (χ3n) is 14.5. The first-order valence-electron chi connectivity index (χ1n) is 25.2. The van der Waals surface area contributed by atoms with Crippen molar-refractivity contribution in [2.24, 2.45) is 29.6 Å². The summed E-state index contributed by atoms with van der Waals surface area (Å²) in [5.41, 5.74) is -1.78. The molecule has 7 rings (SSSR count). The number of rotatable bonds is 9. The van der Waals surface area contributed by atoms with Crippen molar-refractivity contribution < 1.29 is 67.7 Å². The van der Waals surface area contributed by atoms with E-state index in [0.717, 1.165) is 19.6 Å². The van der Waals surface area contributed by atoms with E-state index < -0.39 is 119 Å². The van der Waals surface area contributed by atoms with Gasteiger partial charge in [-0.25, -0.2) is 4.98 Å². The van der Waals surface area contributed by atoms with E-state index in [9.17, 15) is 44.4 Å². The van der Waals surface area contributed by atoms with E-state index in [1.807, 2.05) is 0 Å². The molecule has 4 aromatic rings. The Hall–Kier alpha value is -7.03. The fourth-order valence-corrected chi connectivity index (χ4v) is 10.4. The number of benzene rings is 3. The van der Waals surface area contributed by atoms with Crippen LogP contribution in [0, 0.1) is 36.5 Å². The minimum atomic E-state index is -2.04. The summed E-state index contributed by atoms with van der Waals surface area (Å²) in [5, 5.41) is 47.6. The molecule has 0 spiro atoms. The average molecular weight is 1040 g/mol. The molecule has 20 nitrogen and oxygen atoms in total. The van der Waals surface area contributed by atoms with E-state index >= 15 is 4.79 Å². The Bertz CT molecular complexity index is 3170. The van der Waals surface area contributed by atoms with Crippen molar-refractivity contribution in [1.82, 2.24) is 9.88 Å². The molecule has 4 bridgehead atoms. The fraction of sp³-hybridized carbons (Fsp3) is 0.509. The van der Waals surface area contributed by atoms with Crippen molar-refractivity contribution in [1.29, 1.82) is 0 Å². The van der Waals surface area contributed by atoms with E-state index in [4.69, 9.17) is 33.1 Å². The van der Waals surface area contributed by atoms with Crippen LogP contribution in [0.1, 0.15) is 80.7 Å². The van der Waals surface area contributed by atoms with Gasteiger partial charge in [-0.2, -0.15) is 0 Å². The lowest BCUT2D eigenvalue weighted by molar-refractivity contribution is -0.166. The van der Waals surface area contributed by atoms with Crippen LogP contribution in [0.15, 0.2) is 62.3 Å². The first-order chi connectivity index (χ1) is 35.4. The van der Waals surface area contributed by atoms with Gasteiger partial charge < -0.3 is 58.7 Å². The molecule has 1 saturated heterocycles. The smallest absolute Gasteiger partial charge is 0.307 e. The van der Waals surface area contributed by atoms with Gasteiger partial charge in [0.1, 0.15) is 34.9 Å². The summed E-state index contributed by atoms with van der Waals surface area (Å²) in [6.45, 7) is 20.3. The maximum atomic E-state index is 15.0. The molecule has 404 valence electrons. The third kappa shape index (κ3) is 11.3. The van der Waals surface area contributed by atoms with Crippen LogP contribution < -0.4 is 31.0 Å². The summed E-state index contributed by atoms with van der Waals surface area (Å²) in [4.78, 5) is 89.8. The number of nitrogens with one attached hydrogen (secondary N) is 1. The highest BCUT2D eigenvalue weighted by molar-refractivity contribution is 6.17. The predicted octanol–water partition coefficient (Wildman–Crippen LogP) is 5.75. The number of anilines is 2. The molecule has 75 heavy (non-hydrogen) atoms. The number of aliphatic carboxylic acids is 1. The number of phenols is 1. The minimum Gasteiger partial charge on any atom is -0.507 e. The molecule has 0 radical (unpaired) electrons. The third-order valence-corrected chi connectivity index (χ3v) is 14.5. The molecular weight excluding hydrogens is 973 g/mol. The Labute approximate surface area is 433 Å². The van der Waals surface area contributed by atoms with Crippen LogP contribution in [-0.2, 0) is 38.1 Å². The topological polar surface area (TPSA) is 274 Å². The summed E-state index contributed by atoms with van der Waals surface area (Å²) >= 11 is 0. The van der Waals surface area contributed by atoms with Crippen LogP contribution in [0.3, 0.4) is 0 Å². The Morgan fingerprint density at radius 1 is 0.920 bits per heavy atom. The Morgan fingerprint density at radius 2 is 1.60 bits per heavy atom. The molecule has 9 atom stereocenters. The maximum absolute atomic E-state index is 15.0. The molecule has 1 aromatic heterocycles. The zero-order valence-corrected chi connectivity index (χ0v) is 44.2. The standard InChI is InChI=1S/C55H68N4O16/c1-26(2)25-58-18-20-59(21-19-58)34-23-35(61)43-37(24-34)73-52-44(56-43)40-41-47(66)32(8)51-42(40)53(68)55(10,75-51)71-22-17-36(70-11)29(5)50(72-33(9)60)31(7)46(65)30(6)49(74-39(64)16-15-38(62)63)27(3)13-12-14-28(4)54(69)57-45(52)48(41)67/h12-14,17,22-24,26-27,29-31,36,46,49-50,65-66,68H,15-16,18-21,25H2,1-11H3,(H,57,69)(H,62,63)/b13-12+,22-17+,28-14-/t27-,29+,30-,31+,36-,46+,49-,50+,55-/m0/s1. The zero-order valence-electron chi connectivity index (χ0n) is 44.2. The fourth-order valence-electron chi connectivity index (χ4n) is 10.4. The zero-order chi connectivity index (χ0) is 55.0. The van der Waals surface area contributed by atoms with Gasteiger partial charge in [-0.15, -0.1) is 0 Å². The number of methoxy groups -OCH3 is 1. The van der Waals surface area contributed by atoms with Crippen LogP contribution in [0.25, 0.3) is 38.7 Å². The normalized spacial score (nSPS) is 27.7. The van der Waals surface area contributed by atoms with Gasteiger partial charge in [0, 0.05) is 112 Å². The molecule has 1 amide bonds. The highest BCUT2D eigenvalue weighted by Gasteiger charge is 2.45. The second kappa shape index (κ2) is 22.4. The lowest BCUT2D eigenvalue weighted by Gasteiger charge is -2.39. The number of phenolic OH excluding ortho intramolecular Hbond substituents is 1. The quantitative estimate of drug-likeness (QED) is 0.0758. The number of carbonyl (C=O) groups excluding carboxylic acids is 3. The number of carbonyl (C=O) groups is 4. The Morgan fingerprint density at radius 3 is 2.24 bits per heavy atom. The van der Waals surface area contributed by atoms with Gasteiger partial charge in [0.15, 0.2) is 22.4 Å². The molecular formula is C55H68N4O16. The number of amides is 1. The van der Waals surface area contributed by atoms with Gasteiger partial charge in [-0.05, 0) is 25.8 Å². The van der Waals surface area contributed by atoms with Gasteiger partial charge in [0.05, 0.1) is 41.9 Å².